The maximum Gasteiger partial charge on any atom is 0.256 e. The highest BCUT2D eigenvalue weighted by Crippen LogP contribution is 2.22. The van der Waals surface area contributed by atoms with Gasteiger partial charge in [0, 0.05) is 30.8 Å². The summed E-state index contributed by atoms with van der Waals surface area (Å²) in [7, 11) is 0. The summed E-state index contributed by atoms with van der Waals surface area (Å²) in [4.78, 5) is 15.4. The van der Waals surface area contributed by atoms with Crippen molar-refractivity contribution in [2.24, 2.45) is 0 Å². The molecule has 3 rings (SSSR count). The number of carbonyl (C=O) groups is 1. The number of H-pyrrole nitrogens is 1. The van der Waals surface area contributed by atoms with Gasteiger partial charge in [-0.25, -0.2) is 0 Å². The maximum absolute atomic E-state index is 12.3. The fraction of sp³-hybridized carbons (Fsp3) is 0. The third-order valence-corrected chi connectivity index (χ3v) is 4.35. The van der Waals surface area contributed by atoms with E-state index in [2.05, 4.69) is 48.8 Å². The van der Waals surface area contributed by atoms with Gasteiger partial charge < -0.3 is 10.3 Å². The van der Waals surface area contributed by atoms with Gasteiger partial charge in [0.05, 0.1) is 5.56 Å². The van der Waals surface area contributed by atoms with Crippen LogP contribution in [0.4, 0.5) is 5.69 Å². The summed E-state index contributed by atoms with van der Waals surface area (Å²) >= 11 is 5.60. The molecule has 1 aromatic heterocycles. The van der Waals surface area contributed by atoms with E-state index < -0.39 is 0 Å². The van der Waals surface area contributed by atoms with Gasteiger partial charge in [-0.15, -0.1) is 0 Å². The van der Waals surface area contributed by atoms with Crippen LogP contribution in [0.1, 0.15) is 10.4 Å². The zero-order chi connectivity index (χ0) is 14.1. The molecule has 0 bridgehead atoms. The Bertz CT molecular complexity index is 797. The second-order valence-corrected chi connectivity index (χ2v) is 6.46. The number of fused-ring (bicyclic) bond motifs is 1. The number of aromatic nitrogens is 1. The van der Waals surface area contributed by atoms with Crippen LogP contribution in [0.2, 0.25) is 0 Å². The van der Waals surface area contributed by atoms with Gasteiger partial charge in [0.1, 0.15) is 0 Å². The van der Waals surface area contributed by atoms with Crippen molar-refractivity contribution in [1.82, 2.24) is 4.98 Å². The van der Waals surface area contributed by atoms with Crippen LogP contribution < -0.4 is 5.32 Å². The molecule has 0 saturated carbocycles. The highest BCUT2D eigenvalue weighted by molar-refractivity contribution is 14.1. The van der Waals surface area contributed by atoms with Gasteiger partial charge in [-0.05, 0) is 81.0 Å². The molecule has 0 fully saturated rings. The smallest absolute Gasteiger partial charge is 0.256 e. The van der Waals surface area contributed by atoms with Crippen LogP contribution in [0, 0.1) is 3.57 Å². The molecule has 2 aromatic carbocycles. The van der Waals surface area contributed by atoms with E-state index >= 15 is 0 Å². The van der Waals surface area contributed by atoms with Gasteiger partial charge in [-0.3, -0.25) is 4.79 Å². The van der Waals surface area contributed by atoms with E-state index in [-0.39, 0.29) is 5.91 Å². The molecule has 0 radical (unpaired) electrons. The molecule has 0 aliphatic rings. The van der Waals surface area contributed by atoms with Crippen molar-refractivity contribution in [3.05, 3.63) is 62.3 Å². The van der Waals surface area contributed by atoms with Crippen LogP contribution in [0.15, 0.2) is 53.1 Å². The van der Waals surface area contributed by atoms with E-state index in [1.807, 2.05) is 48.7 Å². The summed E-state index contributed by atoms with van der Waals surface area (Å²) in [6, 6.07) is 13.5. The van der Waals surface area contributed by atoms with Gasteiger partial charge in [-0.1, -0.05) is 0 Å². The van der Waals surface area contributed by atoms with E-state index in [0.717, 1.165) is 24.6 Å². The standard InChI is InChI=1S/C15H10BrIN2O/c16-13-3-1-10(17)8-12(13)15(20)19-11-2-4-14-9(7-11)5-6-18-14/h1-8,18H,(H,19,20). The molecule has 5 heteroatoms. The van der Waals surface area contributed by atoms with Crippen molar-refractivity contribution >= 4 is 61.0 Å². The Hall–Kier alpha value is -1.34. The molecule has 0 saturated heterocycles. The largest absolute Gasteiger partial charge is 0.361 e. The molecular weight excluding hydrogens is 431 g/mol. The lowest BCUT2D eigenvalue weighted by atomic mass is 10.2. The summed E-state index contributed by atoms with van der Waals surface area (Å²) in [5.74, 6) is -0.120. The lowest BCUT2D eigenvalue weighted by Gasteiger charge is -2.07. The van der Waals surface area contributed by atoms with E-state index in [0.29, 0.717) is 5.56 Å². The van der Waals surface area contributed by atoms with E-state index in [4.69, 9.17) is 0 Å². The molecule has 0 atom stereocenters. The van der Waals surface area contributed by atoms with Gasteiger partial charge in [0.2, 0.25) is 0 Å². The van der Waals surface area contributed by atoms with Gasteiger partial charge in [0.15, 0.2) is 0 Å². The van der Waals surface area contributed by atoms with Crippen LogP contribution >= 0.6 is 38.5 Å². The second-order valence-electron chi connectivity index (χ2n) is 4.36. The Morgan fingerprint density at radius 2 is 2.00 bits per heavy atom. The minimum Gasteiger partial charge on any atom is -0.361 e. The quantitative estimate of drug-likeness (QED) is 0.553. The number of hydrogen-bond acceptors (Lipinski definition) is 1. The third-order valence-electron chi connectivity index (χ3n) is 2.98. The highest BCUT2D eigenvalue weighted by atomic mass is 127. The molecule has 1 heterocycles. The first-order valence-electron chi connectivity index (χ1n) is 5.97. The second kappa shape index (κ2) is 5.57. The van der Waals surface area contributed by atoms with Crippen LogP contribution in [0.3, 0.4) is 0 Å². The first-order chi connectivity index (χ1) is 9.63. The summed E-state index contributed by atoms with van der Waals surface area (Å²) in [5, 5.41) is 4.00. The van der Waals surface area contributed by atoms with Crippen LogP contribution in [-0.4, -0.2) is 10.9 Å². The Labute approximate surface area is 138 Å². The predicted octanol–water partition coefficient (Wildman–Crippen LogP) is 4.79. The number of rotatable bonds is 2. The maximum atomic E-state index is 12.3. The van der Waals surface area contributed by atoms with Crippen LogP contribution in [0.25, 0.3) is 10.9 Å². The van der Waals surface area contributed by atoms with Crippen molar-refractivity contribution in [3.8, 4) is 0 Å². The minimum absolute atomic E-state index is 0.120. The summed E-state index contributed by atoms with van der Waals surface area (Å²) in [6.45, 7) is 0. The molecule has 100 valence electrons. The number of hydrogen-bond donors (Lipinski definition) is 2. The molecule has 20 heavy (non-hydrogen) atoms. The molecule has 0 unspecified atom stereocenters. The monoisotopic (exact) mass is 440 g/mol. The lowest BCUT2D eigenvalue weighted by molar-refractivity contribution is 0.102. The van der Waals surface area contributed by atoms with E-state index in [1.54, 1.807) is 0 Å². The summed E-state index contributed by atoms with van der Waals surface area (Å²) in [6.07, 6.45) is 1.88. The van der Waals surface area contributed by atoms with Gasteiger partial charge in [-0.2, -0.15) is 0 Å². The van der Waals surface area contributed by atoms with E-state index in [9.17, 15) is 4.79 Å². The van der Waals surface area contributed by atoms with Crippen molar-refractivity contribution in [2.75, 3.05) is 5.32 Å². The van der Waals surface area contributed by atoms with Gasteiger partial charge in [0.25, 0.3) is 5.91 Å². The topological polar surface area (TPSA) is 44.9 Å². The SMILES string of the molecule is O=C(Nc1ccc2[nH]ccc2c1)c1cc(I)ccc1Br. The fourth-order valence-corrected chi connectivity index (χ4v) is 2.92. The average molecular weight is 441 g/mol. The number of aromatic amines is 1. The third kappa shape index (κ3) is 2.73. The molecular formula is C15H10BrIN2O. The molecule has 1 amide bonds. The number of carbonyl (C=O) groups excluding carboxylic acids is 1. The van der Waals surface area contributed by atoms with E-state index in [1.165, 1.54) is 0 Å². The van der Waals surface area contributed by atoms with Crippen molar-refractivity contribution in [3.63, 3.8) is 0 Å². The molecule has 3 aromatic rings. The van der Waals surface area contributed by atoms with Gasteiger partial charge >= 0.3 is 0 Å². The predicted molar refractivity (Wildman–Crippen MR) is 93.1 cm³/mol. The number of anilines is 1. The molecule has 0 aliphatic heterocycles. The Kier molecular flexibility index (Phi) is 3.80. The fourth-order valence-electron chi connectivity index (χ4n) is 2.00. The number of halogens is 2. The summed E-state index contributed by atoms with van der Waals surface area (Å²) in [5.41, 5.74) is 2.47. The Balaban J connectivity index is 1.89. The van der Waals surface area contributed by atoms with Crippen molar-refractivity contribution in [2.45, 2.75) is 0 Å². The Morgan fingerprint density at radius 3 is 2.85 bits per heavy atom. The average Bonchev–Trinajstić information content (AvgIpc) is 2.89. The number of benzene rings is 2. The molecule has 0 spiro atoms. The van der Waals surface area contributed by atoms with Crippen LogP contribution in [0.5, 0.6) is 0 Å². The zero-order valence-corrected chi connectivity index (χ0v) is 14.0. The lowest BCUT2D eigenvalue weighted by Crippen LogP contribution is -2.12. The number of amides is 1. The first kappa shape index (κ1) is 13.6. The number of nitrogens with one attached hydrogen (secondary N) is 2. The zero-order valence-electron chi connectivity index (χ0n) is 10.3. The Morgan fingerprint density at radius 1 is 1.15 bits per heavy atom. The molecule has 3 nitrogen and oxygen atoms in total. The van der Waals surface area contributed by atoms with Crippen molar-refractivity contribution < 1.29 is 4.79 Å². The molecule has 0 aliphatic carbocycles. The normalized spacial score (nSPS) is 10.7. The van der Waals surface area contributed by atoms with Crippen molar-refractivity contribution in [1.29, 1.82) is 0 Å². The van der Waals surface area contributed by atoms with Crippen LogP contribution in [-0.2, 0) is 0 Å². The summed E-state index contributed by atoms with van der Waals surface area (Å²) < 4.78 is 1.81. The highest BCUT2D eigenvalue weighted by Gasteiger charge is 2.11. The minimum atomic E-state index is -0.120. The molecule has 2 N–H and O–H groups in total. The first-order valence-corrected chi connectivity index (χ1v) is 7.84.